The quantitative estimate of drug-likeness (QED) is 0.798. The molecule has 128 valence electrons. The molecule has 0 radical (unpaired) electrons. The molecule has 0 aliphatic carbocycles. The molecule has 1 saturated heterocycles. The third-order valence-electron chi connectivity index (χ3n) is 3.79. The van der Waals surface area contributed by atoms with E-state index in [1.807, 2.05) is 18.3 Å². The fourth-order valence-electron chi connectivity index (χ4n) is 2.64. The smallest absolute Gasteiger partial charge is 0.223 e. The molecule has 1 fully saturated rings. The van der Waals surface area contributed by atoms with Crippen molar-refractivity contribution in [2.24, 2.45) is 5.92 Å². The maximum atomic E-state index is 11.0. The minimum atomic E-state index is -0.0845. The predicted octanol–water partition coefficient (Wildman–Crippen LogP) is 2.05. The van der Waals surface area contributed by atoms with Crippen molar-refractivity contribution in [3.8, 4) is 5.88 Å². The number of nitrogens with one attached hydrogen (secondary N) is 2. The van der Waals surface area contributed by atoms with Gasteiger partial charge in [0, 0.05) is 68.0 Å². The van der Waals surface area contributed by atoms with Gasteiger partial charge in [-0.1, -0.05) is 0 Å². The van der Waals surface area contributed by atoms with E-state index in [4.69, 9.17) is 4.74 Å². The number of methoxy groups -OCH3 is 1. The Morgan fingerprint density at radius 3 is 3.04 bits per heavy atom. The number of ether oxygens (including phenoxy) is 1. The summed E-state index contributed by atoms with van der Waals surface area (Å²) in [6.07, 6.45) is 3.58. The molecule has 3 heterocycles. The standard InChI is InChI=1S/C16H21N5O2S/c1-11(22)20-16-19-7-14(24-16)10-21-8-12(9-21)6-18-13-3-4-17-15(5-13)23-2/h3-5,7,12H,6,8-10H2,1-2H3,(H,17,18)(H,19,20,22). The summed E-state index contributed by atoms with van der Waals surface area (Å²) in [5.74, 6) is 1.17. The molecule has 3 rings (SSSR count). The van der Waals surface area contributed by atoms with Gasteiger partial charge in [0.15, 0.2) is 5.13 Å². The van der Waals surface area contributed by atoms with Gasteiger partial charge in [-0.3, -0.25) is 9.69 Å². The second-order valence-electron chi connectivity index (χ2n) is 5.84. The van der Waals surface area contributed by atoms with E-state index >= 15 is 0 Å². The summed E-state index contributed by atoms with van der Waals surface area (Å²) in [5, 5.41) is 6.81. The maximum absolute atomic E-state index is 11.0. The van der Waals surface area contributed by atoms with E-state index in [2.05, 4.69) is 25.5 Å². The number of likely N-dealkylation sites (tertiary alicyclic amines) is 1. The van der Waals surface area contributed by atoms with E-state index in [0.29, 0.717) is 16.9 Å². The highest BCUT2D eigenvalue weighted by Crippen LogP contribution is 2.24. The van der Waals surface area contributed by atoms with Crippen LogP contribution in [0.1, 0.15) is 11.8 Å². The third-order valence-corrected chi connectivity index (χ3v) is 4.69. The number of amides is 1. The summed E-state index contributed by atoms with van der Waals surface area (Å²) in [4.78, 5) is 22.9. The summed E-state index contributed by atoms with van der Waals surface area (Å²) in [5.41, 5.74) is 1.03. The fourth-order valence-corrected chi connectivity index (χ4v) is 3.54. The molecule has 2 aromatic heterocycles. The Hall–Kier alpha value is -2.19. The molecule has 1 aliphatic heterocycles. The van der Waals surface area contributed by atoms with Crippen LogP contribution < -0.4 is 15.4 Å². The van der Waals surface area contributed by atoms with E-state index in [0.717, 1.165) is 31.9 Å². The molecule has 1 amide bonds. The normalized spacial score (nSPS) is 14.9. The van der Waals surface area contributed by atoms with Gasteiger partial charge in [0.2, 0.25) is 11.8 Å². The van der Waals surface area contributed by atoms with Gasteiger partial charge in [0.05, 0.1) is 7.11 Å². The van der Waals surface area contributed by atoms with Gasteiger partial charge in [0.25, 0.3) is 0 Å². The lowest BCUT2D eigenvalue weighted by Gasteiger charge is -2.39. The summed E-state index contributed by atoms with van der Waals surface area (Å²) >= 11 is 1.53. The average Bonchev–Trinajstić information content (AvgIpc) is 2.96. The maximum Gasteiger partial charge on any atom is 0.223 e. The first kappa shape index (κ1) is 16.7. The van der Waals surface area contributed by atoms with E-state index in [9.17, 15) is 4.79 Å². The Morgan fingerprint density at radius 2 is 2.29 bits per heavy atom. The zero-order valence-corrected chi connectivity index (χ0v) is 14.6. The number of hydrogen-bond donors (Lipinski definition) is 2. The van der Waals surface area contributed by atoms with Gasteiger partial charge >= 0.3 is 0 Å². The van der Waals surface area contributed by atoms with Gasteiger partial charge in [-0.15, -0.1) is 11.3 Å². The predicted molar refractivity (Wildman–Crippen MR) is 94.5 cm³/mol. The van der Waals surface area contributed by atoms with Crippen molar-refractivity contribution < 1.29 is 9.53 Å². The minimum absolute atomic E-state index is 0.0845. The fraction of sp³-hybridized carbons (Fsp3) is 0.438. The molecule has 7 nitrogen and oxygen atoms in total. The molecule has 2 N–H and O–H groups in total. The number of hydrogen-bond acceptors (Lipinski definition) is 7. The molecule has 2 aromatic rings. The Bertz CT molecular complexity index is 699. The van der Waals surface area contributed by atoms with Crippen molar-refractivity contribution in [2.45, 2.75) is 13.5 Å². The van der Waals surface area contributed by atoms with Crippen LogP contribution in [0.5, 0.6) is 5.88 Å². The average molecular weight is 347 g/mol. The largest absolute Gasteiger partial charge is 0.481 e. The van der Waals surface area contributed by atoms with E-state index in [1.54, 1.807) is 13.3 Å². The molecule has 0 unspecified atom stereocenters. The summed E-state index contributed by atoms with van der Waals surface area (Å²) < 4.78 is 5.12. The van der Waals surface area contributed by atoms with Gasteiger partial charge in [-0.25, -0.2) is 9.97 Å². The van der Waals surface area contributed by atoms with Gasteiger partial charge in [0.1, 0.15) is 0 Å². The molecule has 0 atom stereocenters. The SMILES string of the molecule is COc1cc(NCC2CN(Cc3cnc(NC(C)=O)s3)C2)ccn1. The number of anilines is 2. The lowest BCUT2D eigenvalue weighted by Crippen LogP contribution is -2.48. The highest BCUT2D eigenvalue weighted by Gasteiger charge is 2.26. The Morgan fingerprint density at radius 1 is 1.46 bits per heavy atom. The van der Waals surface area contributed by atoms with Crippen molar-refractivity contribution in [2.75, 3.05) is 37.4 Å². The van der Waals surface area contributed by atoms with Crippen molar-refractivity contribution in [3.05, 3.63) is 29.4 Å². The van der Waals surface area contributed by atoms with E-state index in [-0.39, 0.29) is 5.91 Å². The number of carbonyl (C=O) groups is 1. The number of aromatic nitrogens is 2. The van der Waals surface area contributed by atoms with Crippen LogP contribution in [0.4, 0.5) is 10.8 Å². The van der Waals surface area contributed by atoms with Gasteiger partial charge in [-0.05, 0) is 6.07 Å². The van der Waals surface area contributed by atoms with Crippen LogP contribution in [0.3, 0.4) is 0 Å². The molecule has 1 aliphatic rings. The summed E-state index contributed by atoms with van der Waals surface area (Å²) in [6.45, 7) is 5.43. The first-order valence-corrected chi connectivity index (χ1v) is 8.62. The Kier molecular flexibility index (Phi) is 5.27. The number of pyridine rings is 1. The van der Waals surface area contributed by atoms with Crippen molar-refractivity contribution in [1.29, 1.82) is 0 Å². The van der Waals surface area contributed by atoms with Gasteiger partial charge < -0.3 is 15.4 Å². The molecular formula is C16H21N5O2S. The molecule has 8 heteroatoms. The van der Waals surface area contributed by atoms with Crippen molar-refractivity contribution >= 4 is 28.1 Å². The van der Waals surface area contributed by atoms with E-state index in [1.165, 1.54) is 23.1 Å². The highest BCUT2D eigenvalue weighted by atomic mass is 32.1. The molecule has 0 saturated carbocycles. The third kappa shape index (κ3) is 4.42. The van der Waals surface area contributed by atoms with Crippen LogP contribution in [0.2, 0.25) is 0 Å². The topological polar surface area (TPSA) is 79.4 Å². The van der Waals surface area contributed by atoms with Crippen LogP contribution in [0.25, 0.3) is 0 Å². The summed E-state index contributed by atoms with van der Waals surface area (Å²) in [7, 11) is 1.62. The van der Waals surface area contributed by atoms with Crippen LogP contribution in [-0.4, -0.2) is 47.5 Å². The van der Waals surface area contributed by atoms with Crippen LogP contribution in [0, 0.1) is 5.92 Å². The van der Waals surface area contributed by atoms with Crippen LogP contribution in [-0.2, 0) is 11.3 Å². The minimum Gasteiger partial charge on any atom is -0.481 e. The Labute approximate surface area is 145 Å². The van der Waals surface area contributed by atoms with Gasteiger partial charge in [-0.2, -0.15) is 0 Å². The molecule has 0 spiro atoms. The molecule has 24 heavy (non-hydrogen) atoms. The molecule has 0 bridgehead atoms. The second kappa shape index (κ2) is 7.59. The van der Waals surface area contributed by atoms with Crippen LogP contribution in [0.15, 0.2) is 24.5 Å². The number of carbonyl (C=O) groups excluding carboxylic acids is 1. The number of thiazole rings is 1. The zero-order valence-electron chi connectivity index (χ0n) is 13.8. The van der Waals surface area contributed by atoms with Crippen molar-refractivity contribution in [3.63, 3.8) is 0 Å². The van der Waals surface area contributed by atoms with Crippen molar-refractivity contribution in [1.82, 2.24) is 14.9 Å². The number of rotatable bonds is 7. The second-order valence-corrected chi connectivity index (χ2v) is 6.96. The first-order chi connectivity index (χ1) is 11.6. The van der Waals surface area contributed by atoms with E-state index < -0.39 is 0 Å². The molecule has 0 aromatic carbocycles. The monoisotopic (exact) mass is 347 g/mol. The Balaban J connectivity index is 1.39. The highest BCUT2D eigenvalue weighted by molar-refractivity contribution is 7.15. The summed E-state index contributed by atoms with van der Waals surface area (Å²) in [6, 6.07) is 3.84. The molecular weight excluding hydrogens is 326 g/mol. The zero-order chi connectivity index (χ0) is 16.9. The lowest BCUT2D eigenvalue weighted by atomic mass is 10.00. The van der Waals surface area contributed by atoms with Crippen LogP contribution >= 0.6 is 11.3 Å². The lowest BCUT2D eigenvalue weighted by molar-refractivity contribution is -0.114. The first-order valence-electron chi connectivity index (χ1n) is 7.81. The number of nitrogens with zero attached hydrogens (tertiary/aromatic N) is 3.